The second-order valence-electron chi connectivity index (χ2n) is 12.1. The van der Waals surface area contributed by atoms with Crippen LogP contribution in [-0.2, 0) is 4.74 Å². The van der Waals surface area contributed by atoms with E-state index in [2.05, 4.69) is 10.2 Å². The van der Waals surface area contributed by atoms with Crippen molar-refractivity contribution in [2.75, 3.05) is 20.1 Å². The number of carbonyl (C=O) groups excluding carboxylic acids is 2. The second kappa shape index (κ2) is 11.1. The molecule has 0 unspecified atom stereocenters. The number of benzene rings is 1. The highest BCUT2D eigenvalue weighted by Crippen LogP contribution is 2.36. The summed E-state index contributed by atoms with van der Waals surface area (Å²) in [6.07, 6.45) is 2.38. The molecule has 9 heteroatoms. The maximum absolute atomic E-state index is 13.3. The lowest BCUT2D eigenvalue weighted by molar-refractivity contribution is 0.00914. The van der Waals surface area contributed by atoms with Crippen molar-refractivity contribution in [2.24, 2.45) is 0 Å². The molecule has 38 heavy (non-hydrogen) atoms. The maximum Gasteiger partial charge on any atom is 0.410 e. The van der Waals surface area contributed by atoms with E-state index in [1.807, 2.05) is 58.9 Å². The van der Waals surface area contributed by atoms with Crippen LogP contribution in [0.1, 0.15) is 76.7 Å². The minimum atomic E-state index is -0.700. The highest BCUT2D eigenvalue weighted by atomic mass is 16.6. The van der Waals surface area contributed by atoms with E-state index >= 15 is 0 Å². The number of nitrogens with zero attached hydrogens (tertiary/aromatic N) is 3. The predicted octanol–water partition coefficient (Wildman–Crippen LogP) is 3.54. The van der Waals surface area contributed by atoms with Gasteiger partial charge in [0.25, 0.3) is 11.5 Å². The predicted molar refractivity (Wildman–Crippen MR) is 147 cm³/mol. The Bertz CT molecular complexity index is 1220. The van der Waals surface area contributed by atoms with Gasteiger partial charge in [-0.3, -0.25) is 14.5 Å². The summed E-state index contributed by atoms with van der Waals surface area (Å²) < 4.78 is 7.07. The summed E-state index contributed by atoms with van der Waals surface area (Å²) in [5.41, 5.74) is 0.143. The Labute approximate surface area is 224 Å². The maximum atomic E-state index is 13.3. The molecule has 2 aliphatic rings. The Hall–Kier alpha value is -2.91. The molecule has 2 fully saturated rings. The molecule has 3 heterocycles. The summed E-state index contributed by atoms with van der Waals surface area (Å²) in [6.45, 7) is 9.99. The van der Waals surface area contributed by atoms with Gasteiger partial charge in [0.2, 0.25) is 0 Å². The molecule has 0 radical (unpaired) electrons. The van der Waals surface area contributed by atoms with Gasteiger partial charge in [0.1, 0.15) is 11.2 Å². The van der Waals surface area contributed by atoms with Gasteiger partial charge in [0.15, 0.2) is 0 Å². The number of aliphatic hydroxyl groups excluding tert-OH is 1. The number of piperidine rings is 1. The fourth-order valence-electron chi connectivity index (χ4n) is 5.95. The summed E-state index contributed by atoms with van der Waals surface area (Å²) in [4.78, 5) is 42.6. The minimum absolute atomic E-state index is 0.0313. The molecule has 2 aromatic rings. The van der Waals surface area contributed by atoms with Gasteiger partial charge >= 0.3 is 6.09 Å². The summed E-state index contributed by atoms with van der Waals surface area (Å²) >= 11 is 0. The SMILES string of the molecule is CC(C)n1c(=O)c(C(=O)NC2C[C@@H]3CC[C@@H](C2)N3C[C@@H](O)CN(C)C(=O)OC(C)(C)C)cc2ccccc21. The number of rotatable bonds is 7. The van der Waals surface area contributed by atoms with Gasteiger partial charge in [-0.25, -0.2) is 4.79 Å². The number of aromatic nitrogens is 1. The van der Waals surface area contributed by atoms with Crippen LogP contribution >= 0.6 is 0 Å². The summed E-state index contributed by atoms with van der Waals surface area (Å²) in [5, 5.41) is 14.7. The van der Waals surface area contributed by atoms with Crippen molar-refractivity contribution < 1.29 is 19.4 Å². The number of ether oxygens (including phenoxy) is 1. The highest BCUT2D eigenvalue weighted by molar-refractivity contribution is 5.97. The minimum Gasteiger partial charge on any atom is -0.444 e. The zero-order chi connectivity index (χ0) is 27.8. The van der Waals surface area contributed by atoms with Crippen molar-refractivity contribution in [2.45, 2.75) is 96.2 Å². The molecule has 0 aliphatic carbocycles. The van der Waals surface area contributed by atoms with Gasteiger partial charge in [-0.2, -0.15) is 0 Å². The number of para-hydroxylation sites is 1. The van der Waals surface area contributed by atoms with Crippen LogP contribution in [0.3, 0.4) is 0 Å². The number of hydrogen-bond donors (Lipinski definition) is 2. The molecule has 9 nitrogen and oxygen atoms in total. The molecule has 2 amide bonds. The molecule has 4 rings (SSSR count). The number of hydrogen-bond acceptors (Lipinski definition) is 6. The van der Waals surface area contributed by atoms with E-state index in [1.165, 1.54) is 4.90 Å². The average molecular weight is 527 g/mol. The Morgan fingerprint density at radius 2 is 1.79 bits per heavy atom. The van der Waals surface area contributed by atoms with Crippen molar-refractivity contribution in [1.82, 2.24) is 19.7 Å². The standard InChI is InChI=1S/C29H42N4O5/c1-18(2)33-25-10-8-7-9-19(25)13-24(27(33)36)26(35)30-20-14-21-11-12-22(15-20)32(21)17-23(34)16-31(6)28(37)38-29(3,4)5/h7-10,13,18,20-23,34H,11-12,14-17H2,1-6H3,(H,30,35)/t21-,22-,23-/m0/s1. The van der Waals surface area contributed by atoms with Gasteiger partial charge in [-0.05, 0) is 77.8 Å². The van der Waals surface area contributed by atoms with E-state index in [0.717, 1.165) is 36.6 Å². The molecule has 1 aromatic heterocycles. The monoisotopic (exact) mass is 526 g/mol. The molecule has 0 spiro atoms. The molecule has 2 N–H and O–H groups in total. The van der Waals surface area contributed by atoms with Crippen molar-refractivity contribution >= 4 is 22.9 Å². The lowest BCUT2D eigenvalue weighted by Gasteiger charge is -2.40. The van der Waals surface area contributed by atoms with E-state index in [4.69, 9.17) is 4.74 Å². The normalized spacial score (nSPS) is 22.5. The van der Waals surface area contributed by atoms with Gasteiger partial charge in [-0.15, -0.1) is 0 Å². The molecule has 0 saturated carbocycles. The first-order chi connectivity index (χ1) is 17.8. The largest absolute Gasteiger partial charge is 0.444 e. The van der Waals surface area contributed by atoms with Crippen LogP contribution in [-0.4, -0.2) is 81.4 Å². The van der Waals surface area contributed by atoms with Crippen molar-refractivity contribution in [3.8, 4) is 0 Å². The third-order valence-electron chi connectivity index (χ3n) is 7.54. The molecule has 2 aliphatic heterocycles. The van der Waals surface area contributed by atoms with E-state index < -0.39 is 17.8 Å². The number of aliphatic hydroxyl groups is 1. The van der Waals surface area contributed by atoms with Gasteiger partial charge in [0.05, 0.1) is 18.2 Å². The van der Waals surface area contributed by atoms with Crippen LogP contribution in [0, 0.1) is 0 Å². The van der Waals surface area contributed by atoms with E-state index in [9.17, 15) is 19.5 Å². The molecule has 2 saturated heterocycles. The number of nitrogens with one attached hydrogen (secondary N) is 1. The molecule has 2 bridgehead atoms. The van der Waals surface area contributed by atoms with Crippen LogP contribution in [0.2, 0.25) is 0 Å². The summed E-state index contributed by atoms with van der Waals surface area (Å²) in [6, 6.07) is 9.72. The summed E-state index contributed by atoms with van der Waals surface area (Å²) in [7, 11) is 1.63. The molecule has 208 valence electrons. The Balaban J connectivity index is 1.38. The zero-order valence-corrected chi connectivity index (χ0v) is 23.4. The number of amides is 2. The molecular weight excluding hydrogens is 484 g/mol. The number of carbonyl (C=O) groups is 2. The fraction of sp³-hybridized carbons (Fsp3) is 0.621. The Morgan fingerprint density at radius 1 is 1.16 bits per heavy atom. The first kappa shape index (κ1) is 28.1. The van der Waals surface area contributed by atoms with Crippen LogP contribution in [0.5, 0.6) is 0 Å². The lowest BCUT2D eigenvalue weighted by Crippen LogP contribution is -2.53. The van der Waals surface area contributed by atoms with Gasteiger partial charge < -0.3 is 24.6 Å². The topological polar surface area (TPSA) is 104 Å². The average Bonchev–Trinajstić information content (AvgIpc) is 3.04. The Kier molecular flexibility index (Phi) is 8.18. The van der Waals surface area contributed by atoms with Gasteiger partial charge in [-0.1, -0.05) is 18.2 Å². The molecule has 3 atom stereocenters. The third kappa shape index (κ3) is 6.21. The number of pyridine rings is 1. The first-order valence-corrected chi connectivity index (χ1v) is 13.7. The second-order valence-corrected chi connectivity index (χ2v) is 12.1. The van der Waals surface area contributed by atoms with E-state index in [1.54, 1.807) is 17.7 Å². The van der Waals surface area contributed by atoms with Crippen LogP contribution in [0.15, 0.2) is 35.1 Å². The van der Waals surface area contributed by atoms with Crippen LogP contribution < -0.4 is 10.9 Å². The van der Waals surface area contributed by atoms with Crippen LogP contribution in [0.4, 0.5) is 4.79 Å². The zero-order valence-electron chi connectivity index (χ0n) is 23.4. The Morgan fingerprint density at radius 3 is 2.39 bits per heavy atom. The van der Waals surface area contributed by atoms with Crippen molar-refractivity contribution in [3.63, 3.8) is 0 Å². The van der Waals surface area contributed by atoms with Crippen LogP contribution in [0.25, 0.3) is 10.9 Å². The molecular formula is C29H42N4O5. The quantitative estimate of drug-likeness (QED) is 0.572. The first-order valence-electron chi connectivity index (χ1n) is 13.7. The lowest BCUT2D eigenvalue weighted by atomic mass is 9.96. The fourth-order valence-corrected chi connectivity index (χ4v) is 5.95. The van der Waals surface area contributed by atoms with E-state index in [0.29, 0.717) is 6.54 Å². The number of likely N-dealkylation sites (N-methyl/N-ethyl adjacent to an activating group) is 1. The third-order valence-corrected chi connectivity index (χ3v) is 7.54. The number of fused-ring (bicyclic) bond motifs is 3. The van der Waals surface area contributed by atoms with Gasteiger partial charge in [0, 0.05) is 37.8 Å². The molecule has 1 aromatic carbocycles. The highest BCUT2D eigenvalue weighted by Gasteiger charge is 2.42. The van der Waals surface area contributed by atoms with Crippen molar-refractivity contribution in [3.05, 3.63) is 46.2 Å². The smallest absolute Gasteiger partial charge is 0.410 e. The summed E-state index contributed by atoms with van der Waals surface area (Å²) in [5.74, 6) is -0.327. The van der Waals surface area contributed by atoms with Crippen molar-refractivity contribution in [1.29, 1.82) is 0 Å². The van der Waals surface area contributed by atoms with E-state index in [-0.39, 0.29) is 47.7 Å².